The van der Waals surface area contributed by atoms with Crippen molar-refractivity contribution in [2.45, 2.75) is 19.0 Å². The number of piperidine rings is 1. The summed E-state index contributed by atoms with van der Waals surface area (Å²) in [6.45, 7) is 0.252. The minimum absolute atomic E-state index is 0.251. The van der Waals surface area contributed by atoms with Crippen LogP contribution in [0.4, 0.5) is 13.2 Å². The summed E-state index contributed by atoms with van der Waals surface area (Å²) >= 11 is 0. The lowest BCUT2D eigenvalue weighted by atomic mass is 9.97. The van der Waals surface area contributed by atoms with E-state index in [2.05, 4.69) is 5.32 Å². The van der Waals surface area contributed by atoms with E-state index in [1.807, 2.05) is 0 Å². The van der Waals surface area contributed by atoms with E-state index in [1.165, 1.54) is 7.05 Å². The van der Waals surface area contributed by atoms with Crippen molar-refractivity contribution >= 4 is 5.91 Å². The van der Waals surface area contributed by atoms with Crippen LogP contribution >= 0.6 is 0 Å². The van der Waals surface area contributed by atoms with Crippen molar-refractivity contribution in [1.29, 1.82) is 0 Å². The smallest absolute Gasteiger partial charge is 0.336 e. The van der Waals surface area contributed by atoms with Gasteiger partial charge in [0, 0.05) is 13.0 Å². The molecule has 0 atom stereocenters. The summed E-state index contributed by atoms with van der Waals surface area (Å²) in [7, 11) is 1.21. The number of nitrogens with one attached hydrogen (secondary N) is 1. The van der Waals surface area contributed by atoms with Gasteiger partial charge in [0.25, 0.3) is 0 Å². The van der Waals surface area contributed by atoms with Gasteiger partial charge in [0.15, 0.2) is 0 Å². The fourth-order valence-corrected chi connectivity index (χ4v) is 1.73. The molecule has 15 heavy (non-hydrogen) atoms. The van der Waals surface area contributed by atoms with Crippen molar-refractivity contribution in [3.05, 3.63) is 0 Å². The SMILES string of the molecule is CN(CC(F)(F)F)C(=O)C1CCNCC1. The highest BCUT2D eigenvalue weighted by Crippen LogP contribution is 2.19. The molecule has 0 aromatic heterocycles. The Morgan fingerprint density at radius 1 is 1.40 bits per heavy atom. The highest BCUT2D eigenvalue weighted by molar-refractivity contribution is 5.78. The molecule has 0 bridgehead atoms. The first-order chi connectivity index (χ1) is 6.90. The van der Waals surface area contributed by atoms with E-state index >= 15 is 0 Å². The first-order valence-corrected chi connectivity index (χ1v) is 4.92. The number of amides is 1. The van der Waals surface area contributed by atoms with Crippen LogP contribution in [-0.2, 0) is 4.79 Å². The van der Waals surface area contributed by atoms with Gasteiger partial charge in [-0.15, -0.1) is 0 Å². The van der Waals surface area contributed by atoms with Crippen molar-refractivity contribution in [3.63, 3.8) is 0 Å². The molecule has 0 aromatic rings. The number of hydrogen-bond donors (Lipinski definition) is 1. The molecule has 1 rings (SSSR count). The maximum Gasteiger partial charge on any atom is 0.406 e. The van der Waals surface area contributed by atoms with Crippen molar-refractivity contribution in [2.75, 3.05) is 26.7 Å². The van der Waals surface area contributed by atoms with Gasteiger partial charge in [-0.2, -0.15) is 13.2 Å². The number of rotatable bonds is 2. The van der Waals surface area contributed by atoms with E-state index in [0.29, 0.717) is 25.9 Å². The predicted octanol–water partition coefficient (Wildman–Crippen LogP) is 1.01. The molecule has 3 nitrogen and oxygen atoms in total. The quantitative estimate of drug-likeness (QED) is 0.759. The second-order valence-corrected chi connectivity index (χ2v) is 3.83. The van der Waals surface area contributed by atoms with Crippen LogP contribution in [0.2, 0.25) is 0 Å². The minimum atomic E-state index is -4.31. The monoisotopic (exact) mass is 224 g/mol. The van der Waals surface area contributed by atoms with Crippen molar-refractivity contribution < 1.29 is 18.0 Å². The third kappa shape index (κ3) is 4.07. The fraction of sp³-hybridized carbons (Fsp3) is 0.889. The van der Waals surface area contributed by atoms with E-state index in [1.54, 1.807) is 0 Å². The molecule has 1 saturated heterocycles. The van der Waals surface area contributed by atoms with Gasteiger partial charge in [0.05, 0.1) is 0 Å². The second-order valence-electron chi connectivity index (χ2n) is 3.83. The van der Waals surface area contributed by atoms with Gasteiger partial charge in [-0.3, -0.25) is 4.79 Å². The topological polar surface area (TPSA) is 32.3 Å². The van der Waals surface area contributed by atoms with Gasteiger partial charge in [-0.1, -0.05) is 0 Å². The van der Waals surface area contributed by atoms with E-state index in [0.717, 1.165) is 4.90 Å². The van der Waals surface area contributed by atoms with E-state index in [4.69, 9.17) is 0 Å². The maximum absolute atomic E-state index is 12.0. The molecule has 0 aliphatic carbocycles. The lowest BCUT2D eigenvalue weighted by molar-refractivity contribution is -0.161. The molecular weight excluding hydrogens is 209 g/mol. The number of halogens is 3. The van der Waals surface area contributed by atoms with Gasteiger partial charge in [-0.05, 0) is 25.9 Å². The van der Waals surface area contributed by atoms with Gasteiger partial charge < -0.3 is 10.2 Å². The normalized spacial score (nSPS) is 18.9. The highest BCUT2D eigenvalue weighted by Gasteiger charge is 2.33. The molecule has 0 aromatic carbocycles. The Labute approximate surface area is 86.6 Å². The minimum Gasteiger partial charge on any atom is -0.336 e. The Morgan fingerprint density at radius 2 is 1.93 bits per heavy atom. The average Bonchev–Trinajstić information content (AvgIpc) is 2.15. The van der Waals surface area contributed by atoms with Crippen molar-refractivity contribution in [3.8, 4) is 0 Å². The first kappa shape index (κ1) is 12.3. The number of carbonyl (C=O) groups is 1. The fourth-order valence-electron chi connectivity index (χ4n) is 1.73. The molecular formula is C9H15F3N2O. The zero-order valence-electron chi connectivity index (χ0n) is 8.60. The van der Waals surface area contributed by atoms with Gasteiger partial charge >= 0.3 is 6.18 Å². The molecule has 1 N–H and O–H groups in total. The van der Waals surface area contributed by atoms with Gasteiger partial charge in [0.2, 0.25) is 5.91 Å². The molecule has 0 unspecified atom stereocenters. The van der Waals surface area contributed by atoms with Crippen molar-refractivity contribution in [2.24, 2.45) is 5.92 Å². The Kier molecular flexibility index (Phi) is 3.96. The van der Waals surface area contributed by atoms with E-state index in [9.17, 15) is 18.0 Å². The second kappa shape index (κ2) is 4.83. The maximum atomic E-state index is 12.0. The molecule has 0 radical (unpaired) electrons. The molecule has 1 amide bonds. The average molecular weight is 224 g/mol. The van der Waals surface area contributed by atoms with Crippen LogP contribution in [0.3, 0.4) is 0 Å². The molecule has 1 aliphatic rings. The van der Waals surface area contributed by atoms with Gasteiger partial charge in [-0.25, -0.2) is 0 Å². The molecule has 0 saturated carbocycles. The summed E-state index contributed by atoms with van der Waals surface area (Å²) in [5.74, 6) is -0.646. The van der Waals surface area contributed by atoms with Crippen LogP contribution in [0.15, 0.2) is 0 Å². The van der Waals surface area contributed by atoms with Crippen LogP contribution in [-0.4, -0.2) is 43.7 Å². The number of carbonyl (C=O) groups excluding carboxylic acids is 1. The third-order valence-electron chi connectivity index (χ3n) is 2.48. The highest BCUT2D eigenvalue weighted by atomic mass is 19.4. The summed E-state index contributed by atoms with van der Waals surface area (Å²) in [5.41, 5.74) is 0. The van der Waals surface area contributed by atoms with Crippen LogP contribution in [0.1, 0.15) is 12.8 Å². The first-order valence-electron chi connectivity index (χ1n) is 4.92. The van der Waals surface area contributed by atoms with Crippen LogP contribution in [0.25, 0.3) is 0 Å². The summed E-state index contributed by atoms with van der Waals surface area (Å²) < 4.78 is 36.1. The van der Waals surface area contributed by atoms with E-state index in [-0.39, 0.29) is 5.92 Å². The van der Waals surface area contributed by atoms with Crippen molar-refractivity contribution in [1.82, 2.24) is 10.2 Å². The predicted molar refractivity (Wildman–Crippen MR) is 49.3 cm³/mol. The molecule has 6 heteroatoms. The van der Waals surface area contributed by atoms with Gasteiger partial charge in [0.1, 0.15) is 6.54 Å². The molecule has 1 fully saturated rings. The summed E-state index contributed by atoms with van der Waals surface area (Å²) in [6.07, 6.45) is -3.06. The Morgan fingerprint density at radius 3 is 2.40 bits per heavy atom. The number of hydrogen-bond acceptors (Lipinski definition) is 2. The summed E-state index contributed by atoms with van der Waals surface area (Å²) in [4.78, 5) is 12.3. The molecule has 0 spiro atoms. The molecule has 1 aliphatic heterocycles. The van der Waals surface area contributed by atoms with E-state index < -0.39 is 18.6 Å². The Bertz CT molecular complexity index is 224. The molecule has 88 valence electrons. The van der Waals surface area contributed by atoms with Crippen LogP contribution < -0.4 is 5.32 Å². The third-order valence-corrected chi connectivity index (χ3v) is 2.48. The Hall–Kier alpha value is -0.780. The van der Waals surface area contributed by atoms with Crippen LogP contribution in [0.5, 0.6) is 0 Å². The summed E-state index contributed by atoms with van der Waals surface area (Å²) in [6, 6.07) is 0. The standard InChI is InChI=1S/C9H15F3N2O/c1-14(6-9(10,11)12)8(15)7-2-4-13-5-3-7/h7,13H,2-6H2,1H3. The number of alkyl halides is 3. The zero-order valence-corrected chi connectivity index (χ0v) is 8.60. The van der Waals surface area contributed by atoms with Crippen LogP contribution in [0, 0.1) is 5.92 Å². The molecule has 1 heterocycles. The lowest BCUT2D eigenvalue weighted by Crippen LogP contribution is -2.42. The largest absolute Gasteiger partial charge is 0.406 e. The Balaban J connectivity index is 2.44. The lowest BCUT2D eigenvalue weighted by Gasteiger charge is -2.27. The number of nitrogens with zero attached hydrogens (tertiary/aromatic N) is 1. The zero-order chi connectivity index (χ0) is 11.5. The summed E-state index contributed by atoms with van der Waals surface area (Å²) in [5, 5.41) is 3.06.